The van der Waals surface area contributed by atoms with E-state index in [1.165, 1.54) is 0 Å². The Morgan fingerprint density at radius 2 is 2.14 bits per heavy atom. The summed E-state index contributed by atoms with van der Waals surface area (Å²) in [4.78, 5) is 11.8. The highest BCUT2D eigenvalue weighted by Gasteiger charge is 2.28. The number of carbonyl (C=O) groups excluding carboxylic acids is 1. The average Bonchev–Trinajstić information content (AvgIpc) is 2.88. The molecule has 0 heterocycles. The number of amides is 1. The van der Waals surface area contributed by atoms with Crippen molar-refractivity contribution in [1.29, 1.82) is 0 Å². The van der Waals surface area contributed by atoms with Gasteiger partial charge in [-0.05, 0) is 38.1 Å². The van der Waals surface area contributed by atoms with E-state index >= 15 is 0 Å². The van der Waals surface area contributed by atoms with Gasteiger partial charge in [-0.1, -0.05) is 13.8 Å². The first kappa shape index (κ1) is 11.5. The van der Waals surface area contributed by atoms with Crippen molar-refractivity contribution in [2.45, 2.75) is 45.6 Å². The molecule has 1 aliphatic carbocycles. The number of hydrogen-bond acceptors (Lipinski definition) is 2. The normalized spacial score (nSPS) is 18.3. The summed E-state index contributed by atoms with van der Waals surface area (Å²) in [6, 6.07) is 0.474. The lowest BCUT2D eigenvalue weighted by Gasteiger charge is -2.19. The summed E-state index contributed by atoms with van der Waals surface area (Å²) >= 11 is 0. The second-order valence-corrected chi connectivity index (χ2v) is 4.56. The molecule has 82 valence electrons. The van der Waals surface area contributed by atoms with Gasteiger partial charge in [-0.2, -0.15) is 0 Å². The molecule has 1 aliphatic rings. The minimum atomic E-state index is 0.152. The molecule has 1 unspecified atom stereocenters. The molecular formula is C11H22N2O. The maximum absolute atomic E-state index is 11.8. The summed E-state index contributed by atoms with van der Waals surface area (Å²) in [5.41, 5.74) is 5.46. The Kier molecular flexibility index (Phi) is 4.39. The fourth-order valence-electron chi connectivity index (χ4n) is 1.64. The predicted octanol–water partition coefficient (Wildman–Crippen LogP) is 1.28. The molecule has 1 atom stereocenters. The molecule has 1 saturated carbocycles. The van der Waals surface area contributed by atoms with Crippen LogP contribution in [0.2, 0.25) is 0 Å². The van der Waals surface area contributed by atoms with E-state index in [9.17, 15) is 4.79 Å². The van der Waals surface area contributed by atoms with Crippen LogP contribution < -0.4 is 11.1 Å². The van der Waals surface area contributed by atoms with Crippen LogP contribution in [0.25, 0.3) is 0 Å². The highest BCUT2D eigenvalue weighted by Crippen LogP contribution is 2.22. The first-order chi connectivity index (χ1) is 6.65. The molecule has 0 spiro atoms. The van der Waals surface area contributed by atoms with E-state index < -0.39 is 0 Å². The summed E-state index contributed by atoms with van der Waals surface area (Å²) in [5, 5.41) is 3.06. The smallest absolute Gasteiger partial charge is 0.223 e. The SMILES string of the molecule is CC(C)C(CCCN)C(=O)NC1CC1. The van der Waals surface area contributed by atoms with Gasteiger partial charge in [0.1, 0.15) is 0 Å². The highest BCUT2D eigenvalue weighted by atomic mass is 16.2. The Morgan fingerprint density at radius 3 is 2.57 bits per heavy atom. The molecule has 3 heteroatoms. The summed E-state index contributed by atoms with van der Waals surface area (Å²) in [7, 11) is 0. The van der Waals surface area contributed by atoms with Crippen LogP contribution in [0.3, 0.4) is 0 Å². The van der Waals surface area contributed by atoms with Crippen molar-refractivity contribution in [2.24, 2.45) is 17.6 Å². The minimum absolute atomic E-state index is 0.152. The molecule has 14 heavy (non-hydrogen) atoms. The van der Waals surface area contributed by atoms with Crippen LogP contribution in [-0.2, 0) is 4.79 Å². The maximum atomic E-state index is 11.8. The maximum Gasteiger partial charge on any atom is 0.223 e. The Morgan fingerprint density at radius 1 is 1.50 bits per heavy atom. The van der Waals surface area contributed by atoms with Crippen molar-refractivity contribution in [2.75, 3.05) is 6.54 Å². The third-order valence-corrected chi connectivity index (χ3v) is 2.78. The lowest BCUT2D eigenvalue weighted by Crippen LogP contribution is -2.35. The molecule has 0 aromatic heterocycles. The molecular weight excluding hydrogens is 176 g/mol. The van der Waals surface area contributed by atoms with Crippen molar-refractivity contribution >= 4 is 5.91 Å². The van der Waals surface area contributed by atoms with E-state index in [1.807, 2.05) is 0 Å². The van der Waals surface area contributed by atoms with Crippen LogP contribution in [0, 0.1) is 11.8 Å². The van der Waals surface area contributed by atoms with E-state index in [2.05, 4.69) is 19.2 Å². The van der Waals surface area contributed by atoms with Crippen LogP contribution in [0.4, 0.5) is 0 Å². The van der Waals surface area contributed by atoms with E-state index in [-0.39, 0.29) is 11.8 Å². The third-order valence-electron chi connectivity index (χ3n) is 2.78. The molecule has 3 N–H and O–H groups in total. The zero-order valence-corrected chi connectivity index (χ0v) is 9.25. The molecule has 0 saturated heterocycles. The van der Waals surface area contributed by atoms with Crippen LogP contribution in [0.15, 0.2) is 0 Å². The number of rotatable bonds is 6. The zero-order valence-electron chi connectivity index (χ0n) is 9.25. The lowest BCUT2D eigenvalue weighted by atomic mass is 9.90. The van der Waals surface area contributed by atoms with Gasteiger partial charge in [0.15, 0.2) is 0 Å². The lowest BCUT2D eigenvalue weighted by molar-refractivity contribution is -0.126. The van der Waals surface area contributed by atoms with Gasteiger partial charge >= 0.3 is 0 Å². The second-order valence-electron chi connectivity index (χ2n) is 4.56. The van der Waals surface area contributed by atoms with Gasteiger partial charge in [0.25, 0.3) is 0 Å². The number of carbonyl (C=O) groups is 1. The van der Waals surface area contributed by atoms with Gasteiger partial charge in [0, 0.05) is 12.0 Å². The van der Waals surface area contributed by atoms with Crippen molar-refractivity contribution in [1.82, 2.24) is 5.32 Å². The Balaban J connectivity index is 2.34. The van der Waals surface area contributed by atoms with E-state index in [1.54, 1.807) is 0 Å². The Labute approximate surface area is 86.4 Å². The molecule has 0 aromatic rings. The fourth-order valence-corrected chi connectivity index (χ4v) is 1.64. The topological polar surface area (TPSA) is 55.1 Å². The number of nitrogens with one attached hydrogen (secondary N) is 1. The Hall–Kier alpha value is -0.570. The highest BCUT2D eigenvalue weighted by molar-refractivity contribution is 5.79. The third kappa shape index (κ3) is 3.66. The van der Waals surface area contributed by atoms with Gasteiger partial charge in [-0.3, -0.25) is 4.79 Å². The second kappa shape index (κ2) is 5.35. The fraction of sp³-hybridized carbons (Fsp3) is 0.909. The summed E-state index contributed by atoms with van der Waals surface area (Å²) in [6.45, 7) is 4.89. The molecule has 0 bridgehead atoms. The summed E-state index contributed by atoms with van der Waals surface area (Å²) < 4.78 is 0. The van der Waals surface area contributed by atoms with Crippen LogP contribution in [0.5, 0.6) is 0 Å². The molecule has 0 aliphatic heterocycles. The van der Waals surface area contributed by atoms with Crippen LogP contribution in [0.1, 0.15) is 39.5 Å². The monoisotopic (exact) mass is 198 g/mol. The quantitative estimate of drug-likeness (QED) is 0.675. The Bertz CT molecular complexity index is 188. The van der Waals surface area contributed by atoms with Gasteiger partial charge in [-0.25, -0.2) is 0 Å². The zero-order chi connectivity index (χ0) is 10.6. The van der Waals surface area contributed by atoms with Gasteiger partial charge in [-0.15, -0.1) is 0 Å². The van der Waals surface area contributed by atoms with E-state index in [0.717, 1.165) is 25.7 Å². The van der Waals surface area contributed by atoms with Crippen molar-refractivity contribution in [3.8, 4) is 0 Å². The molecule has 3 nitrogen and oxygen atoms in total. The molecule has 0 radical (unpaired) electrons. The molecule has 1 rings (SSSR count). The predicted molar refractivity (Wildman–Crippen MR) is 57.8 cm³/mol. The van der Waals surface area contributed by atoms with E-state index in [0.29, 0.717) is 18.5 Å². The standard InChI is InChI=1S/C11H22N2O/c1-8(2)10(4-3-7-12)11(14)13-9-5-6-9/h8-10H,3-7,12H2,1-2H3,(H,13,14). The van der Waals surface area contributed by atoms with E-state index in [4.69, 9.17) is 5.73 Å². The van der Waals surface area contributed by atoms with Gasteiger partial charge < -0.3 is 11.1 Å². The number of nitrogens with two attached hydrogens (primary N) is 1. The molecule has 0 aromatic carbocycles. The first-order valence-electron chi connectivity index (χ1n) is 5.65. The van der Waals surface area contributed by atoms with Crippen molar-refractivity contribution in [3.05, 3.63) is 0 Å². The summed E-state index contributed by atoms with van der Waals surface area (Å²) in [6.07, 6.45) is 4.19. The van der Waals surface area contributed by atoms with Gasteiger partial charge in [0.05, 0.1) is 0 Å². The summed E-state index contributed by atoms with van der Waals surface area (Å²) in [5.74, 6) is 0.801. The van der Waals surface area contributed by atoms with Gasteiger partial charge in [0.2, 0.25) is 5.91 Å². The van der Waals surface area contributed by atoms with Crippen LogP contribution in [-0.4, -0.2) is 18.5 Å². The van der Waals surface area contributed by atoms with Crippen molar-refractivity contribution in [3.63, 3.8) is 0 Å². The minimum Gasteiger partial charge on any atom is -0.353 e. The van der Waals surface area contributed by atoms with Crippen molar-refractivity contribution < 1.29 is 4.79 Å². The molecule has 1 amide bonds. The molecule has 1 fully saturated rings. The first-order valence-corrected chi connectivity index (χ1v) is 5.65. The average molecular weight is 198 g/mol. The largest absolute Gasteiger partial charge is 0.353 e. The van der Waals surface area contributed by atoms with Crippen LogP contribution >= 0.6 is 0 Å². The number of hydrogen-bond donors (Lipinski definition) is 2.